The van der Waals surface area contributed by atoms with Crippen LogP contribution in [0.1, 0.15) is 46.6 Å². The fraction of sp³-hybridized carbons (Fsp3) is 0.421. The minimum atomic E-state index is 0.170. The Morgan fingerprint density at radius 1 is 0.900 bits per heavy atom. The van der Waals surface area contributed by atoms with E-state index in [0.29, 0.717) is 5.41 Å². The molecule has 0 saturated heterocycles. The van der Waals surface area contributed by atoms with Gasteiger partial charge in [-0.3, -0.25) is 4.98 Å². The van der Waals surface area contributed by atoms with Gasteiger partial charge in [-0.05, 0) is 41.0 Å². The number of aromatic nitrogens is 1. The maximum Gasteiger partial charge on any atom is 0.0702 e. The average Bonchev–Trinajstić information content (AvgIpc) is 2.37. The van der Waals surface area contributed by atoms with Gasteiger partial charge < -0.3 is 0 Å². The molecule has 1 heterocycles. The number of nitrogens with zero attached hydrogens (tertiary/aromatic N) is 1. The topological polar surface area (TPSA) is 12.9 Å². The lowest BCUT2D eigenvalue weighted by molar-refractivity contribution is 0.284. The van der Waals surface area contributed by atoms with Crippen molar-refractivity contribution in [2.75, 3.05) is 0 Å². The number of benzene rings is 1. The van der Waals surface area contributed by atoms with Gasteiger partial charge in [0.05, 0.1) is 5.69 Å². The number of hydrogen-bond acceptors (Lipinski definition) is 1. The molecule has 0 fully saturated rings. The third-order valence-electron chi connectivity index (χ3n) is 3.58. The van der Waals surface area contributed by atoms with E-state index < -0.39 is 0 Å². The van der Waals surface area contributed by atoms with Crippen molar-refractivity contribution in [2.24, 2.45) is 5.41 Å². The molecule has 0 amide bonds. The van der Waals surface area contributed by atoms with Crippen molar-refractivity contribution in [3.05, 3.63) is 54.2 Å². The Bertz CT molecular complexity index is 562. The van der Waals surface area contributed by atoms with Gasteiger partial charge in [-0.25, -0.2) is 0 Å². The SMILES string of the molecule is CC(C)(C)CC(C)(C)c1cccc(-c2ccccn2)c1. The van der Waals surface area contributed by atoms with Crippen molar-refractivity contribution in [1.29, 1.82) is 0 Å². The maximum atomic E-state index is 4.45. The van der Waals surface area contributed by atoms with Crippen LogP contribution in [-0.2, 0) is 5.41 Å². The Hall–Kier alpha value is -1.63. The van der Waals surface area contributed by atoms with E-state index in [9.17, 15) is 0 Å². The first-order chi connectivity index (χ1) is 9.28. The lowest BCUT2D eigenvalue weighted by atomic mass is 9.72. The summed E-state index contributed by atoms with van der Waals surface area (Å²) in [4.78, 5) is 4.45. The zero-order chi connectivity index (χ0) is 14.8. The van der Waals surface area contributed by atoms with Gasteiger partial charge in [0, 0.05) is 11.8 Å². The molecule has 0 radical (unpaired) electrons. The van der Waals surface area contributed by atoms with Crippen molar-refractivity contribution in [3.8, 4) is 11.3 Å². The third-order valence-corrected chi connectivity index (χ3v) is 3.58. The molecule has 1 nitrogen and oxygen atoms in total. The smallest absolute Gasteiger partial charge is 0.0702 e. The first-order valence-electron chi connectivity index (χ1n) is 7.30. The summed E-state index contributed by atoms with van der Waals surface area (Å²) in [6.45, 7) is 11.6. The quantitative estimate of drug-likeness (QED) is 0.719. The molecule has 1 aromatic heterocycles. The van der Waals surface area contributed by atoms with Crippen molar-refractivity contribution >= 4 is 0 Å². The summed E-state index contributed by atoms with van der Waals surface area (Å²) in [5.41, 5.74) is 4.12. The highest BCUT2D eigenvalue weighted by molar-refractivity contribution is 5.60. The highest BCUT2D eigenvalue weighted by Gasteiger charge is 2.27. The monoisotopic (exact) mass is 267 g/mol. The Labute approximate surface area is 123 Å². The lowest BCUT2D eigenvalue weighted by Gasteiger charge is -2.33. The molecule has 0 N–H and O–H groups in total. The lowest BCUT2D eigenvalue weighted by Crippen LogP contribution is -2.24. The van der Waals surface area contributed by atoms with E-state index in [1.165, 1.54) is 11.1 Å². The van der Waals surface area contributed by atoms with Crippen LogP contribution in [0.4, 0.5) is 0 Å². The molecule has 0 spiro atoms. The normalized spacial score (nSPS) is 12.4. The molecule has 1 aromatic carbocycles. The summed E-state index contributed by atoms with van der Waals surface area (Å²) >= 11 is 0. The zero-order valence-electron chi connectivity index (χ0n) is 13.3. The molecule has 0 bridgehead atoms. The second-order valence-corrected chi connectivity index (χ2v) is 7.42. The van der Waals surface area contributed by atoms with Crippen LogP contribution in [0.2, 0.25) is 0 Å². The van der Waals surface area contributed by atoms with E-state index >= 15 is 0 Å². The average molecular weight is 267 g/mol. The van der Waals surface area contributed by atoms with Crippen LogP contribution < -0.4 is 0 Å². The fourth-order valence-electron chi connectivity index (χ4n) is 3.06. The zero-order valence-corrected chi connectivity index (χ0v) is 13.3. The van der Waals surface area contributed by atoms with Crippen LogP contribution in [-0.4, -0.2) is 4.98 Å². The summed E-state index contributed by atoms with van der Waals surface area (Å²) in [7, 11) is 0. The summed E-state index contributed by atoms with van der Waals surface area (Å²) < 4.78 is 0. The van der Waals surface area contributed by atoms with Crippen LogP contribution in [0.15, 0.2) is 48.7 Å². The van der Waals surface area contributed by atoms with Gasteiger partial charge in [0.15, 0.2) is 0 Å². The van der Waals surface area contributed by atoms with Crippen molar-refractivity contribution in [2.45, 2.75) is 46.5 Å². The molecule has 0 unspecified atom stereocenters. The van der Waals surface area contributed by atoms with Crippen LogP contribution >= 0.6 is 0 Å². The number of pyridine rings is 1. The van der Waals surface area contributed by atoms with Crippen molar-refractivity contribution in [1.82, 2.24) is 4.98 Å². The summed E-state index contributed by atoms with van der Waals surface area (Å²) in [6.07, 6.45) is 3.01. The molecule has 2 aromatic rings. The molecular formula is C19H25N. The molecular weight excluding hydrogens is 242 g/mol. The Morgan fingerprint density at radius 3 is 2.25 bits per heavy atom. The van der Waals surface area contributed by atoms with Gasteiger partial charge in [0.25, 0.3) is 0 Å². The Morgan fingerprint density at radius 2 is 1.65 bits per heavy atom. The predicted octanol–water partition coefficient (Wildman–Crippen LogP) is 5.46. The minimum Gasteiger partial charge on any atom is -0.256 e. The number of rotatable bonds is 3. The highest BCUT2D eigenvalue weighted by atomic mass is 14.7. The predicted molar refractivity (Wildman–Crippen MR) is 86.8 cm³/mol. The van der Waals surface area contributed by atoms with Gasteiger partial charge in [0.2, 0.25) is 0 Å². The van der Waals surface area contributed by atoms with E-state index in [-0.39, 0.29) is 5.41 Å². The van der Waals surface area contributed by atoms with E-state index in [2.05, 4.69) is 69.9 Å². The molecule has 2 rings (SSSR count). The molecule has 0 saturated carbocycles. The molecule has 0 aliphatic carbocycles. The van der Waals surface area contributed by atoms with E-state index in [1.807, 2.05) is 18.3 Å². The highest BCUT2D eigenvalue weighted by Crippen LogP contribution is 2.37. The van der Waals surface area contributed by atoms with Crippen LogP contribution in [0.3, 0.4) is 0 Å². The van der Waals surface area contributed by atoms with Gasteiger partial charge in [-0.15, -0.1) is 0 Å². The largest absolute Gasteiger partial charge is 0.256 e. The molecule has 0 aliphatic heterocycles. The maximum absolute atomic E-state index is 4.45. The first-order valence-corrected chi connectivity index (χ1v) is 7.30. The molecule has 0 atom stereocenters. The van der Waals surface area contributed by atoms with E-state index in [0.717, 1.165) is 12.1 Å². The van der Waals surface area contributed by atoms with Gasteiger partial charge in [0.1, 0.15) is 0 Å². The summed E-state index contributed by atoms with van der Waals surface area (Å²) in [6, 6.07) is 14.9. The minimum absolute atomic E-state index is 0.170. The van der Waals surface area contributed by atoms with Gasteiger partial charge >= 0.3 is 0 Å². The molecule has 20 heavy (non-hydrogen) atoms. The standard InChI is InChI=1S/C19H25N/c1-18(2,3)14-19(4,5)16-10-8-9-15(13-16)17-11-6-7-12-20-17/h6-13H,14H2,1-5H3. The second kappa shape index (κ2) is 5.40. The molecule has 1 heteroatoms. The van der Waals surface area contributed by atoms with Crippen LogP contribution in [0.25, 0.3) is 11.3 Å². The van der Waals surface area contributed by atoms with E-state index in [4.69, 9.17) is 0 Å². The Kier molecular flexibility index (Phi) is 3.99. The van der Waals surface area contributed by atoms with Gasteiger partial charge in [-0.1, -0.05) is 58.9 Å². The fourth-order valence-corrected chi connectivity index (χ4v) is 3.06. The first kappa shape index (κ1) is 14.8. The van der Waals surface area contributed by atoms with Crippen molar-refractivity contribution in [3.63, 3.8) is 0 Å². The third kappa shape index (κ3) is 3.69. The second-order valence-electron chi connectivity index (χ2n) is 7.42. The van der Waals surface area contributed by atoms with Crippen LogP contribution in [0.5, 0.6) is 0 Å². The van der Waals surface area contributed by atoms with Crippen molar-refractivity contribution < 1.29 is 0 Å². The Balaban J connectivity index is 2.35. The van der Waals surface area contributed by atoms with E-state index in [1.54, 1.807) is 0 Å². The molecule has 0 aliphatic rings. The summed E-state index contributed by atoms with van der Waals surface area (Å²) in [5.74, 6) is 0. The molecule has 106 valence electrons. The summed E-state index contributed by atoms with van der Waals surface area (Å²) in [5, 5.41) is 0. The number of hydrogen-bond donors (Lipinski definition) is 0. The van der Waals surface area contributed by atoms with Crippen LogP contribution in [0, 0.1) is 5.41 Å². The van der Waals surface area contributed by atoms with Gasteiger partial charge in [-0.2, -0.15) is 0 Å².